The summed E-state index contributed by atoms with van der Waals surface area (Å²) in [7, 11) is 4.59. The molecule has 2 aliphatic rings. The first-order chi connectivity index (χ1) is 19.2. The van der Waals surface area contributed by atoms with Gasteiger partial charge in [0.05, 0.1) is 43.9 Å². The van der Waals surface area contributed by atoms with Crippen molar-refractivity contribution in [2.45, 2.75) is 25.1 Å². The molecule has 3 heterocycles. The average molecular weight is 561 g/mol. The number of aliphatic hydroxyl groups is 1. The van der Waals surface area contributed by atoms with Gasteiger partial charge in [-0.05, 0) is 43.2 Å². The van der Waals surface area contributed by atoms with Crippen LogP contribution in [0.25, 0.3) is 16.9 Å². The number of methoxy groups -OCH3 is 3. The van der Waals surface area contributed by atoms with Gasteiger partial charge in [-0.15, -0.1) is 0 Å². The Labute approximate surface area is 229 Å². The minimum atomic E-state index is -4.74. The van der Waals surface area contributed by atoms with Gasteiger partial charge in [0, 0.05) is 56.2 Å². The monoisotopic (exact) mass is 560 g/mol. The van der Waals surface area contributed by atoms with Gasteiger partial charge in [0.1, 0.15) is 17.2 Å². The van der Waals surface area contributed by atoms with Crippen LogP contribution in [0.4, 0.5) is 24.5 Å². The normalized spacial score (nSPS) is 16.9. The number of hydrogen-bond acceptors (Lipinski definition) is 8. The van der Waals surface area contributed by atoms with Crippen LogP contribution in [0.1, 0.15) is 17.5 Å². The Kier molecular flexibility index (Phi) is 7.65. The van der Waals surface area contributed by atoms with Crippen LogP contribution < -0.4 is 24.8 Å². The van der Waals surface area contributed by atoms with Crippen LogP contribution in [0.15, 0.2) is 41.2 Å². The van der Waals surface area contributed by atoms with E-state index in [0.717, 1.165) is 17.2 Å². The van der Waals surface area contributed by atoms with Crippen molar-refractivity contribution >= 4 is 11.4 Å². The zero-order chi connectivity index (χ0) is 28.6. The van der Waals surface area contributed by atoms with Crippen molar-refractivity contribution in [1.29, 1.82) is 0 Å². The first-order valence-electron chi connectivity index (χ1n) is 12.9. The van der Waals surface area contributed by atoms with Gasteiger partial charge in [-0.2, -0.15) is 23.0 Å². The Morgan fingerprint density at radius 3 is 2.38 bits per heavy atom. The van der Waals surface area contributed by atoms with Crippen molar-refractivity contribution in [2.24, 2.45) is 0 Å². The minimum Gasteiger partial charge on any atom is -0.497 e. The molecule has 2 aromatic carbocycles. The maximum absolute atomic E-state index is 14.3. The predicted molar refractivity (Wildman–Crippen MR) is 144 cm³/mol. The summed E-state index contributed by atoms with van der Waals surface area (Å²) in [5.41, 5.74) is 0.189. The fraction of sp³-hybridized carbons (Fsp3) is 0.429. The van der Waals surface area contributed by atoms with E-state index in [2.05, 4.69) is 5.10 Å². The molecule has 0 saturated carbocycles. The molecule has 1 unspecified atom stereocenters. The Hall–Kier alpha value is -3.77. The quantitative estimate of drug-likeness (QED) is 0.448. The van der Waals surface area contributed by atoms with Gasteiger partial charge in [-0.1, -0.05) is 0 Å². The number of ether oxygens (including phenoxy) is 3. The third kappa shape index (κ3) is 5.08. The van der Waals surface area contributed by atoms with Crippen molar-refractivity contribution in [3.05, 3.63) is 57.9 Å². The smallest absolute Gasteiger partial charge is 0.418 e. The van der Waals surface area contributed by atoms with Gasteiger partial charge < -0.3 is 29.1 Å². The molecule has 2 aliphatic heterocycles. The first-order valence-corrected chi connectivity index (χ1v) is 12.9. The molecule has 5 rings (SSSR count). The van der Waals surface area contributed by atoms with E-state index in [9.17, 15) is 23.1 Å². The molecule has 1 N–H and O–H groups in total. The van der Waals surface area contributed by atoms with E-state index in [0.29, 0.717) is 60.1 Å². The molecule has 1 atom stereocenters. The van der Waals surface area contributed by atoms with E-state index in [-0.39, 0.29) is 30.6 Å². The first kappa shape index (κ1) is 27.8. The molecule has 214 valence electrons. The highest BCUT2D eigenvalue weighted by atomic mass is 19.4. The van der Waals surface area contributed by atoms with Crippen molar-refractivity contribution in [2.75, 3.05) is 63.9 Å². The van der Waals surface area contributed by atoms with Crippen LogP contribution in [-0.2, 0) is 17.3 Å². The number of alkyl halides is 3. The number of nitrogens with zero attached hydrogens (tertiary/aromatic N) is 4. The molecule has 0 radical (unpaired) electrons. The summed E-state index contributed by atoms with van der Waals surface area (Å²) in [5.74, 6) is 0.931. The van der Waals surface area contributed by atoms with Crippen LogP contribution in [0.2, 0.25) is 0 Å². The maximum Gasteiger partial charge on any atom is 0.418 e. The van der Waals surface area contributed by atoms with Crippen molar-refractivity contribution in [1.82, 2.24) is 9.78 Å². The van der Waals surface area contributed by atoms with Crippen LogP contribution in [0, 0.1) is 0 Å². The van der Waals surface area contributed by atoms with Gasteiger partial charge in [0.25, 0.3) is 5.56 Å². The van der Waals surface area contributed by atoms with E-state index >= 15 is 0 Å². The van der Waals surface area contributed by atoms with Crippen LogP contribution >= 0.6 is 0 Å². The molecule has 0 amide bonds. The van der Waals surface area contributed by atoms with Crippen LogP contribution in [0.3, 0.4) is 0 Å². The maximum atomic E-state index is 14.3. The second-order valence-corrected chi connectivity index (χ2v) is 9.75. The van der Waals surface area contributed by atoms with Gasteiger partial charge in [-0.3, -0.25) is 4.79 Å². The summed E-state index contributed by atoms with van der Waals surface area (Å²) in [6, 6.07) is 8.84. The number of halogens is 3. The third-order valence-corrected chi connectivity index (χ3v) is 7.47. The summed E-state index contributed by atoms with van der Waals surface area (Å²) < 4.78 is 60.1. The fourth-order valence-electron chi connectivity index (χ4n) is 5.44. The predicted octanol–water partition coefficient (Wildman–Crippen LogP) is 3.52. The number of benzene rings is 2. The highest BCUT2D eigenvalue weighted by molar-refractivity contribution is 5.75. The summed E-state index contributed by atoms with van der Waals surface area (Å²) >= 11 is 0. The average Bonchev–Trinajstić information content (AvgIpc) is 3.60. The second kappa shape index (κ2) is 11.0. The molecule has 1 aromatic heterocycles. The van der Waals surface area contributed by atoms with Crippen molar-refractivity contribution < 1.29 is 32.5 Å². The Balaban J connectivity index is 1.77. The highest BCUT2D eigenvalue weighted by Crippen LogP contribution is 2.39. The van der Waals surface area contributed by atoms with Crippen LogP contribution in [-0.4, -0.2) is 75.1 Å². The number of aliphatic hydroxyl groups excluding tert-OH is 1. The van der Waals surface area contributed by atoms with Gasteiger partial charge in [0.2, 0.25) is 0 Å². The van der Waals surface area contributed by atoms with Crippen LogP contribution in [0.5, 0.6) is 11.5 Å². The lowest BCUT2D eigenvalue weighted by molar-refractivity contribution is -0.137. The van der Waals surface area contributed by atoms with E-state index in [4.69, 9.17) is 14.2 Å². The Bertz CT molecular complexity index is 1440. The Morgan fingerprint density at radius 2 is 1.77 bits per heavy atom. The molecular formula is C28H31F3N4O5. The lowest BCUT2D eigenvalue weighted by Gasteiger charge is -2.23. The fourth-order valence-corrected chi connectivity index (χ4v) is 5.44. The zero-order valence-corrected chi connectivity index (χ0v) is 22.5. The van der Waals surface area contributed by atoms with E-state index in [1.165, 1.54) is 26.4 Å². The van der Waals surface area contributed by atoms with Gasteiger partial charge >= 0.3 is 6.18 Å². The molecule has 0 aliphatic carbocycles. The number of β-amino-alcohol motifs (C(OH)–C–C–N with tert-alkyl or cyclic N) is 1. The van der Waals surface area contributed by atoms with Crippen molar-refractivity contribution in [3.63, 3.8) is 0 Å². The second-order valence-electron chi connectivity index (χ2n) is 9.75. The minimum absolute atomic E-state index is 0.0340. The van der Waals surface area contributed by atoms with Gasteiger partial charge in [-0.25, -0.2) is 0 Å². The molecule has 1 saturated heterocycles. The number of hydrogen-bond donors (Lipinski definition) is 1. The lowest BCUT2D eigenvalue weighted by Crippen LogP contribution is -2.33. The summed E-state index contributed by atoms with van der Waals surface area (Å²) in [4.78, 5) is 17.5. The van der Waals surface area contributed by atoms with E-state index in [1.807, 2.05) is 4.90 Å². The van der Waals surface area contributed by atoms with Gasteiger partial charge in [0.15, 0.2) is 0 Å². The van der Waals surface area contributed by atoms with Crippen molar-refractivity contribution in [3.8, 4) is 28.4 Å². The number of aromatic nitrogens is 2. The summed E-state index contributed by atoms with van der Waals surface area (Å²) in [5, 5.41) is 14.2. The Morgan fingerprint density at radius 1 is 1.05 bits per heavy atom. The standard InChI is InChI=1S/C28H31F3N4O5/c1-38-19-6-8-34(16-19)18-4-5-23(28(29,30)31)24(14-18)35-27(37)26-22(7-9-33(26)10-11-36)25(32-35)17-12-20(39-2)15-21(13-17)40-3/h4-5,12-15,19,36H,6-11,16H2,1-3H3. The molecule has 9 nitrogen and oxygen atoms in total. The number of rotatable bonds is 8. The summed E-state index contributed by atoms with van der Waals surface area (Å²) in [6.45, 7) is 1.49. The molecular weight excluding hydrogens is 529 g/mol. The molecule has 0 bridgehead atoms. The number of anilines is 2. The molecule has 40 heavy (non-hydrogen) atoms. The zero-order valence-electron chi connectivity index (χ0n) is 22.5. The highest BCUT2D eigenvalue weighted by Gasteiger charge is 2.37. The third-order valence-electron chi connectivity index (χ3n) is 7.47. The van der Waals surface area contributed by atoms with E-state index in [1.54, 1.807) is 30.2 Å². The summed E-state index contributed by atoms with van der Waals surface area (Å²) in [6.07, 6.45) is -3.60. The molecule has 12 heteroatoms. The number of fused-ring (bicyclic) bond motifs is 1. The molecule has 1 fully saturated rings. The van der Waals surface area contributed by atoms with E-state index < -0.39 is 17.3 Å². The lowest BCUT2D eigenvalue weighted by atomic mass is 10.0. The topological polar surface area (TPSA) is 89.3 Å². The largest absolute Gasteiger partial charge is 0.497 e. The SMILES string of the molecule is COc1cc(OC)cc(-c2nn(-c3cc(N4CCC(OC)C4)ccc3C(F)(F)F)c(=O)c3c2CCN3CCO)c1. The molecule has 3 aromatic rings. The molecule has 0 spiro atoms.